The van der Waals surface area contributed by atoms with Crippen LogP contribution in [0, 0.1) is 17.8 Å². The number of allylic oxidation sites excluding steroid dienone is 1. The zero-order valence-electron chi connectivity index (χ0n) is 36.3. The third kappa shape index (κ3) is 9.43. The second kappa shape index (κ2) is 20.5. The number of fused-ring (bicyclic) bond motifs is 3. The first-order chi connectivity index (χ1) is 31.6. The minimum atomic E-state index is -1.10. The van der Waals surface area contributed by atoms with Gasteiger partial charge in [-0.3, -0.25) is 0 Å². The Morgan fingerprint density at radius 3 is 2.20 bits per heavy atom. The molecule has 6 atom stereocenters. The van der Waals surface area contributed by atoms with Crippen LogP contribution in [0.1, 0.15) is 62.0 Å². The molecule has 6 aromatic carbocycles. The van der Waals surface area contributed by atoms with Gasteiger partial charge in [-0.15, -0.1) is 18.3 Å². The van der Waals surface area contributed by atoms with Crippen LogP contribution >= 0.6 is 11.8 Å². The Labute approximate surface area is 381 Å². The van der Waals surface area contributed by atoms with E-state index >= 15 is 0 Å². The molecule has 9 rings (SSSR count). The van der Waals surface area contributed by atoms with Crippen LogP contribution in [0.5, 0.6) is 17.2 Å². The Morgan fingerprint density at radius 1 is 0.734 bits per heavy atom. The first-order valence-electron chi connectivity index (χ1n) is 22.8. The van der Waals surface area contributed by atoms with E-state index < -0.39 is 5.79 Å². The molecule has 328 valence electrons. The number of ether oxygens (including phenoxy) is 3. The summed E-state index contributed by atoms with van der Waals surface area (Å²) in [5, 5.41) is 27.2. The molecule has 0 bridgehead atoms. The second-order valence-electron chi connectivity index (χ2n) is 17.1. The zero-order chi connectivity index (χ0) is 43.7. The van der Waals surface area contributed by atoms with E-state index in [0.29, 0.717) is 19.6 Å². The number of rotatable bonds is 19. The summed E-state index contributed by atoms with van der Waals surface area (Å²) in [7, 11) is 0. The fraction of sp³-hybridized carbons (Fsp3) is 0.304. The highest BCUT2D eigenvalue weighted by molar-refractivity contribution is 8.00. The number of unbranched alkanes of at least 4 members (excludes halogenated alkanes) is 2. The van der Waals surface area contributed by atoms with Gasteiger partial charge in [-0.05, 0) is 113 Å². The lowest BCUT2D eigenvalue weighted by Gasteiger charge is -2.58. The lowest BCUT2D eigenvalue weighted by molar-refractivity contribution is -0.223. The predicted octanol–water partition coefficient (Wildman–Crippen LogP) is 12.9. The first-order valence-corrected chi connectivity index (χ1v) is 23.7. The van der Waals surface area contributed by atoms with Crippen LogP contribution in [0.3, 0.4) is 0 Å². The van der Waals surface area contributed by atoms with Crippen LogP contribution in [0.15, 0.2) is 180 Å². The van der Waals surface area contributed by atoms with Gasteiger partial charge >= 0.3 is 0 Å². The van der Waals surface area contributed by atoms with Crippen molar-refractivity contribution in [3.8, 4) is 28.4 Å². The van der Waals surface area contributed by atoms with E-state index in [1.807, 2.05) is 48.5 Å². The van der Waals surface area contributed by atoms with Gasteiger partial charge in [-0.25, -0.2) is 0 Å². The van der Waals surface area contributed by atoms with Crippen molar-refractivity contribution >= 4 is 28.2 Å². The zero-order valence-corrected chi connectivity index (χ0v) is 37.1. The number of benzene rings is 6. The van der Waals surface area contributed by atoms with Crippen LogP contribution < -0.4 is 9.47 Å². The van der Waals surface area contributed by atoms with Gasteiger partial charge < -0.3 is 29.3 Å². The molecule has 2 N–H and O–H groups in total. The van der Waals surface area contributed by atoms with E-state index in [0.717, 1.165) is 94.2 Å². The van der Waals surface area contributed by atoms with Crippen molar-refractivity contribution < 1.29 is 29.3 Å². The van der Waals surface area contributed by atoms with Gasteiger partial charge in [0.15, 0.2) is 0 Å². The SMILES string of the molecule is C=CCO[C@@]12Oc3ccc(Oc4ccc(-c5ccccc5)cc4)cc3[C@H]3[C@H](CCCCO)[C@@H](CCCCO)C=C(C(=NOCc4ccccc4)C[C@@H]1Sc1ccc4ccccc4c1)[C@H]32. The van der Waals surface area contributed by atoms with Gasteiger partial charge in [-0.2, -0.15) is 0 Å². The Morgan fingerprint density at radius 2 is 1.44 bits per heavy atom. The summed E-state index contributed by atoms with van der Waals surface area (Å²) in [6.45, 7) is 5.05. The fourth-order valence-electron chi connectivity index (χ4n) is 10.1. The van der Waals surface area contributed by atoms with Gasteiger partial charge in [0.2, 0.25) is 5.79 Å². The molecule has 1 aliphatic heterocycles. The van der Waals surface area contributed by atoms with Crippen molar-refractivity contribution in [2.45, 2.75) is 73.4 Å². The molecule has 6 aromatic rings. The normalized spacial score (nSPS) is 22.8. The van der Waals surface area contributed by atoms with Crippen LogP contribution in [-0.4, -0.2) is 46.8 Å². The molecule has 0 unspecified atom stereocenters. The summed E-state index contributed by atoms with van der Waals surface area (Å²) < 4.78 is 21.3. The number of aliphatic hydroxyl groups is 2. The standard InChI is InChI=1S/C56H57NO6S/c1-2-33-60-56-53(64-47-29-25-41-19-9-10-20-43(41)34-47)37-51(57-61-38-39-15-5-3-6-16-39)49-35-44(21-11-13-31-58)48(22-12-14-32-59)54(55(49)56)50-36-46(28-30-52(50)63-56)62-45-26-23-42(24-27-45)40-17-7-4-8-18-40/h2-10,15-20,23-30,34-36,44,48,53-55,58-59H,1,11-14,21-22,31-33,37-38H2/t44-,48+,53-,54+,55+,56+/m0/s1. The number of hydrogen-bond acceptors (Lipinski definition) is 8. The van der Waals surface area contributed by atoms with Crippen molar-refractivity contribution in [1.29, 1.82) is 0 Å². The van der Waals surface area contributed by atoms with Crippen LogP contribution in [-0.2, 0) is 16.2 Å². The smallest absolute Gasteiger partial charge is 0.231 e. The molecule has 3 aliphatic rings. The number of aliphatic hydroxyl groups excluding tert-OH is 2. The second-order valence-corrected chi connectivity index (χ2v) is 18.4. The number of nitrogens with zero attached hydrogens (tertiary/aromatic N) is 1. The van der Waals surface area contributed by atoms with Gasteiger partial charge in [0.25, 0.3) is 0 Å². The van der Waals surface area contributed by atoms with E-state index in [1.54, 1.807) is 11.8 Å². The predicted molar refractivity (Wildman–Crippen MR) is 258 cm³/mol. The molecule has 0 aromatic heterocycles. The topological polar surface area (TPSA) is 89.7 Å². The monoisotopic (exact) mass is 871 g/mol. The van der Waals surface area contributed by atoms with Gasteiger partial charge in [0.1, 0.15) is 23.9 Å². The maximum Gasteiger partial charge on any atom is 0.231 e. The lowest BCUT2D eigenvalue weighted by atomic mass is 9.56. The Balaban J connectivity index is 1.18. The van der Waals surface area contributed by atoms with E-state index in [9.17, 15) is 10.2 Å². The van der Waals surface area contributed by atoms with Crippen molar-refractivity contribution in [2.75, 3.05) is 19.8 Å². The molecular weight excluding hydrogens is 815 g/mol. The summed E-state index contributed by atoms with van der Waals surface area (Å²) in [5.41, 5.74) is 6.41. The molecule has 64 heavy (non-hydrogen) atoms. The summed E-state index contributed by atoms with van der Waals surface area (Å²) in [5.74, 6) is 1.18. The van der Waals surface area contributed by atoms with E-state index in [2.05, 4.69) is 116 Å². The Bertz CT molecular complexity index is 2560. The average Bonchev–Trinajstić information content (AvgIpc) is 3.33. The molecule has 0 amide bonds. The number of hydrogen-bond donors (Lipinski definition) is 2. The molecule has 8 heteroatoms. The van der Waals surface area contributed by atoms with Crippen LogP contribution in [0.4, 0.5) is 0 Å². The van der Waals surface area contributed by atoms with Gasteiger partial charge in [0, 0.05) is 36.0 Å². The molecule has 0 spiro atoms. The summed E-state index contributed by atoms with van der Waals surface area (Å²) in [6.07, 6.45) is 9.83. The number of thioether (sulfide) groups is 1. The Kier molecular flexibility index (Phi) is 13.9. The first kappa shape index (κ1) is 43.6. The Hall–Kier alpha value is -5.64. The van der Waals surface area contributed by atoms with E-state index in [1.165, 1.54) is 10.8 Å². The maximum atomic E-state index is 10.1. The summed E-state index contributed by atoms with van der Waals surface area (Å²) in [4.78, 5) is 7.41. The third-order valence-electron chi connectivity index (χ3n) is 13.1. The molecule has 1 saturated carbocycles. The highest BCUT2D eigenvalue weighted by Crippen LogP contribution is 2.63. The molecule has 0 radical (unpaired) electrons. The van der Waals surface area contributed by atoms with E-state index in [4.69, 9.17) is 24.2 Å². The van der Waals surface area contributed by atoms with Crippen LogP contribution in [0.25, 0.3) is 21.9 Å². The van der Waals surface area contributed by atoms with Gasteiger partial charge in [-0.1, -0.05) is 133 Å². The molecule has 1 heterocycles. The summed E-state index contributed by atoms with van der Waals surface area (Å²) in [6, 6.07) is 50.1. The van der Waals surface area contributed by atoms with Crippen molar-refractivity contribution in [1.82, 2.24) is 0 Å². The summed E-state index contributed by atoms with van der Waals surface area (Å²) >= 11 is 1.77. The lowest BCUT2D eigenvalue weighted by Crippen LogP contribution is -2.64. The van der Waals surface area contributed by atoms with Crippen LogP contribution in [0.2, 0.25) is 0 Å². The molecular formula is C56H57NO6S. The molecule has 1 fully saturated rings. The highest BCUT2D eigenvalue weighted by Gasteiger charge is 2.64. The van der Waals surface area contributed by atoms with Crippen molar-refractivity contribution in [3.05, 3.63) is 181 Å². The largest absolute Gasteiger partial charge is 0.460 e. The number of oxime groups is 1. The van der Waals surface area contributed by atoms with Crippen molar-refractivity contribution in [2.24, 2.45) is 22.9 Å². The minimum Gasteiger partial charge on any atom is -0.460 e. The van der Waals surface area contributed by atoms with Crippen molar-refractivity contribution in [3.63, 3.8) is 0 Å². The highest BCUT2D eigenvalue weighted by atomic mass is 32.2. The fourth-order valence-corrected chi connectivity index (χ4v) is 11.5. The van der Waals surface area contributed by atoms with E-state index in [-0.39, 0.29) is 42.1 Å². The molecule has 7 nitrogen and oxygen atoms in total. The third-order valence-corrected chi connectivity index (χ3v) is 14.4. The maximum absolute atomic E-state index is 10.1. The molecule has 0 saturated heterocycles. The van der Waals surface area contributed by atoms with Gasteiger partial charge in [0.05, 0.1) is 23.5 Å². The average molecular weight is 872 g/mol. The molecule has 2 aliphatic carbocycles. The minimum absolute atomic E-state index is 0.0604. The quantitative estimate of drug-likeness (QED) is 0.0476.